The molecule has 0 radical (unpaired) electrons. The van der Waals surface area contributed by atoms with Gasteiger partial charge in [-0.1, -0.05) is 22.0 Å². The standard InChI is InChI=1S/C11H12BrN5O/c1-17(2)10-14-9(13)15-11(16-10)18-8-5-3-4-7(12)6-8/h3-6H,1-2H3,(H2,13,14,15,16). The van der Waals surface area contributed by atoms with Crippen molar-refractivity contribution in [1.29, 1.82) is 0 Å². The van der Waals surface area contributed by atoms with Crippen LogP contribution < -0.4 is 15.4 Å². The van der Waals surface area contributed by atoms with Crippen molar-refractivity contribution in [3.63, 3.8) is 0 Å². The van der Waals surface area contributed by atoms with E-state index >= 15 is 0 Å². The van der Waals surface area contributed by atoms with Crippen LogP contribution in [0.25, 0.3) is 0 Å². The fourth-order valence-corrected chi connectivity index (χ4v) is 1.62. The zero-order valence-corrected chi connectivity index (χ0v) is 11.5. The fourth-order valence-electron chi connectivity index (χ4n) is 1.24. The lowest BCUT2D eigenvalue weighted by Gasteiger charge is -2.11. The summed E-state index contributed by atoms with van der Waals surface area (Å²) in [5.74, 6) is 1.20. The minimum absolute atomic E-state index is 0.124. The Kier molecular flexibility index (Phi) is 3.61. The Hall–Kier alpha value is -1.89. The Bertz CT molecular complexity index is 561. The maximum atomic E-state index is 5.60. The first-order chi connectivity index (χ1) is 8.54. The molecule has 0 amide bonds. The van der Waals surface area contributed by atoms with Crippen molar-refractivity contribution in [3.05, 3.63) is 28.7 Å². The molecule has 94 valence electrons. The molecule has 1 aromatic heterocycles. The highest BCUT2D eigenvalue weighted by molar-refractivity contribution is 9.10. The summed E-state index contributed by atoms with van der Waals surface area (Å²) in [7, 11) is 3.63. The Balaban J connectivity index is 2.29. The maximum Gasteiger partial charge on any atom is 0.328 e. The van der Waals surface area contributed by atoms with Gasteiger partial charge in [0.2, 0.25) is 11.9 Å². The van der Waals surface area contributed by atoms with Crippen LogP contribution in [0, 0.1) is 0 Å². The molecule has 0 unspecified atom stereocenters. The van der Waals surface area contributed by atoms with E-state index in [-0.39, 0.29) is 12.0 Å². The largest absolute Gasteiger partial charge is 0.424 e. The second-order valence-electron chi connectivity index (χ2n) is 3.73. The molecule has 0 saturated carbocycles. The number of nitrogens with zero attached hydrogens (tertiary/aromatic N) is 4. The van der Waals surface area contributed by atoms with E-state index in [9.17, 15) is 0 Å². The zero-order chi connectivity index (χ0) is 13.1. The van der Waals surface area contributed by atoms with Crippen LogP contribution in [0.3, 0.4) is 0 Å². The van der Waals surface area contributed by atoms with Crippen molar-refractivity contribution in [1.82, 2.24) is 15.0 Å². The molecule has 2 N–H and O–H groups in total. The first-order valence-corrected chi connectivity index (χ1v) is 5.96. The van der Waals surface area contributed by atoms with Gasteiger partial charge in [-0.15, -0.1) is 0 Å². The summed E-state index contributed by atoms with van der Waals surface area (Å²) in [4.78, 5) is 13.8. The number of hydrogen-bond acceptors (Lipinski definition) is 6. The molecule has 18 heavy (non-hydrogen) atoms. The van der Waals surface area contributed by atoms with Gasteiger partial charge in [0.05, 0.1) is 0 Å². The summed E-state index contributed by atoms with van der Waals surface area (Å²) in [6.45, 7) is 0. The van der Waals surface area contributed by atoms with Crippen molar-refractivity contribution >= 4 is 27.8 Å². The Labute approximate surface area is 113 Å². The van der Waals surface area contributed by atoms with Crippen molar-refractivity contribution in [2.75, 3.05) is 24.7 Å². The monoisotopic (exact) mass is 309 g/mol. The molecular weight excluding hydrogens is 298 g/mol. The third-order valence-electron chi connectivity index (χ3n) is 2.03. The van der Waals surface area contributed by atoms with Gasteiger partial charge in [0, 0.05) is 18.6 Å². The van der Waals surface area contributed by atoms with Crippen LogP contribution in [0.5, 0.6) is 11.8 Å². The number of halogens is 1. The van der Waals surface area contributed by atoms with Gasteiger partial charge in [-0.3, -0.25) is 0 Å². The van der Waals surface area contributed by atoms with Crippen molar-refractivity contribution in [3.8, 4) is 11.8 Å². The fraction of sp³-hybridized carbons (Fsp3) is 0.182. The molecule has 0 bridgehead atoms. The van der Waals surface area contributed by atoms with Crippen molar-refractivity contribution < 1.29 is 4.74 Å². The summed E-state index contributed by atoms with van der Waals surface area (Å²) in [5.41, 5.74) is 5.60. The molecule has 1 aromatic carbocycles. The maximum absolute atomic E-state index is 5.60. The molecule has 0 saturated heterocycles. The van der Waals surface area contributed by atoms with Gasteiger partial charge in [-0.05, 0) is 18.2 Å². The number of nitrogens with two attached hydrogens (primary N) is 1. The van der Waals surface area contributed by atoms with Gasteiger partial charge in [-0.25, -0.2) is 0 Å². The molecule has 0 aliphatic carbocycles. The lowest BCUT2D eigenvalue weighted by atomic mass is 10.3. The summed E-state index contributed by atoms with van der Waals surface area (Å²) in [5, 5.41) is 0. The van der Waals surface area contributed by atoms with E-state index in [4.69, 9.17) is 10.5 Å². The average Bonchev–Trinajstić information content (AvgIpc) is 2.28. The van der Waals surface area contributed by atoms with E-state index in [1.54, 1.807) is 11.0 Å². The lowest BCUT2D eigenvalue weighted by Crippen LogP contribution is -2.15. The highest BCUT2D eigenvalue weighted by Gasteiger charge is 2.08. The molecule has 7 heteroatoms. The van der Waals surface area contributed by atoms with E-state index in [0.29, 0.717) is 11.7 Å². The summed E-state index contributed by atoms with van der Waals surface area (Å²) in [6, 6.07) is 7.55. The summed E-state index contributed by atoms with van der Waals surface area (Å²) >= 11 is 3.36. The second kappa shape index (κ2) is 5.18. The van der Waals surface area contributed by atoms with Gasteiger partial charge >= 0.3 is 6.01 Å². The van der Waals surface area contributed by atoms with Gasteiger partial charge in [-0.2, -0.15) is 15.0 Å². The molecule has 0 aliphatic rings. The quantitative estimate of drug-likeness (QED) is 0.935. The minimum atomic E-state index is 0.124. The van der Waals surface area contributed by atoms with Gasteiger partial charge in [0.25, 0.3) is 0 Å². The molecule has 2 rings (SSSR count). The normalized spacial score (nSPS) is 10.2. The van der Waals surface area contributed by atoms with Crippen molar-refractivity contribution in [2.45, 2.75) is 0 Å². The van der Waals surface area contributed by atoms with Gasteiger partial charge in [0.1, 0.15) is 5.75 Å². The van der Waals surface area contributed by atoms with Crippen LogP contribution >= 0.6 is 15.9 Å². The number of nitrogen functional groups attached to an aromatic ring is 1. The Morgan fingerprint density at radius 1 is 1.22 bits per heavy atom. The highest BCUT2D eigenvalue weighted by Crippen LogP contribution is 2.23. The van der Waals surface area contributed by atoms with E-state index in [1.165, 1.54) is 0 Å². The van der Waals surface area contributed by atoms with E-state index in [1.807, 2.05) is 32.3 Å². The predicted octanol–water partition coefficient (Wildman–Crippen LogP) is 2.07. The lowest BCUT2D eigenvalue weighted by molar-refractivity contribution is 0.440. The minimum Gasteiger partial charge on any atom is -0.424 e. The van der Waals surface area contributed by atoms with E-state index in [2.05, 4.69) is 30.9 Å². The number of hydrogen-bond donors (Lipinski definition) is 1. The molecule has 0 atom stereocenters. The van der Waals surface area contributed by atoms with E-state index in [0.717, 1.165) is 4.47 Å². The van der Waals surface area contributed by atoms with Gasteiger partial charge < -0.3 is 15.4 Å². The number of rotatable bonds is 3. The molecular formula is C11H12BrN5O. The SMILES string of the molecule is CN(C)c1nc(N)nc(Oc2cccc(Br)c2)n1. The number of aromatic nitrogens is 3. The third kappa shape index (κ3) is 3.07. The highest BCUT2D eigenvalue weighted by atomic mass is 79.9. The van der Waals surface area contributed by atoms with Gasteiger partial charge in [0.15, 0.2) is 0 Å². The van der Waals surface area contributed by atoms with E-state index < -0.39 is 0 Å². The molecule has 6 nitrogen and oxygen atoms in total. The smallest absolute Gasteiger partial charge is 0.328 e. The first kappa shape index (κ1) is 12.6. The molecule has 2 aromatic rings. The van der Waals surface area contributed by atoms with Crippen LogP contribution in [-0.2, 0) is 0 Å². The van der Waals surface area contributed by atoms with Crippen LogP contribution in [0.1, 0.15) is 0 Å². The van der Waals surface area contributed by atoms with Crippen LogP contribution in [-0.4, -0.2) is 29.0 Å². The average molecular weight is 310 g/mol. The summed E-state index contributed by atoms with van der Waals surface area (Å²) in [6.07, 6.45) is 0. The first-order valence-electron chi connectivity index (χ1n) is 5.17. The molecule has 0 spiro atoms. The Morgan fingerprint density at radius 2 is 2.00 bits per heavy atom. The number of benzene rings is 1. The zero-order valence-electron chi connectivity index (χ0n) is 9.96. The molecule has 0 fully saturated rings. The predicted molar refractivity (Wildman–Crippen MR) is 72.8 cm³/mol. The topological polar surface area (TPSA) is 77.2 Å². The third-order valence-corrected chi connectivity index (χ3v) is 2.52. The molecule has 1 heterocycles. The van der Waals surface area contributed by atoms with Crippen LogP contribution in [0.2, 0.25) is 0 Å². The second-order valence-corrected chi connectivity index (χ2v) is 4.65. The van der Waals surface area contributed by atoms with Crippen LogP contribution in [0.4, 0.5) is 11.9 Å². The number of anilines is 2. The van der Waals surface area contributed by atoms with Crippen LogP contribution in [0.15, 0.2) is 28.7 Å². The van der Waals surface area contributed by atoms with Crippen molar-refractivity contribution in [2.24, 2.45) is 0 Å². The summed E-state index contributed by atoms with van der Waals surface area (Å²) < 4.78 is 6.44. The Morgan fingerprint density at radius 3 is 2.67 bits per heavy atom. The number of ether oxygens (including phenoxy) is 1. The molecule has 0 aliphatic heterocycles.